The molecular formula is C62H56N3O2Pt-. The molecule has 3 heterocycles. The van der Waals surface area contributed by atoms with Crippen molar-refractivity contribution in [3.8, 4) is 45.2 Å². The Morgan fingerprint density at radius 3 is 1.91 bits per heavy atom. The molecule has 0 spiro atoms. The van der Waals surface area contributed by atoms with Gasteiger partial charge < -0.3 is 9.52 Å². The molecule has 11 rings (SSSR count). The van der Waals surface area contributed by atoms with E-state index in [1.807, 2.05) is 18.2 Å². The molecule has 1 N–H and O–H groups in total. The van der Waals surface area contributed by atoms with Crippen molar-refractivity contribution in [1.82, 2.24) is 14.5 Å². The van der Waals surface area contributed by atoms with Gasteiger partial charge in [-0.05, 0) is 109 Å². The Morgan fingerprint density at radius 2 is 1.24 bits per heavy atom. The molecule has 0 aliphatic carbocycles. The van der Waals surface area contributed by atoms with E-state index in [0.29, 0.717) is 11.4 Å². The number of furan rings is 1. The van der Waals surface area contributed by atoms with Crippen LogP contribution in [0.25, 0.3) is 105 Å². The van der Waals surface area contributed by atoms with E-state index in [-0.39, 0.29) is 49.5 Å². The summed E-state index contributed by atoms with van der Waals surface area (Å²) in [5.74, 6) is 1.30. The van der Waals surface area contributed by atoms with Crippen molar-refractivity contribution in [3.63, 3.8) is 0 Å². The summed E-state index contributed by atoms with van der Waals surface area (Å²) in [4.78, 5) is 11.3. The van der Waals surface area contributed by atoms with Crippen LogP contribution in [-0.2, 0) is 31.9 Å². The predicted octanol–water partition coefficient (Wildman–Crippen LogP) is 17.1. The van der Waals surface area contributed by atoms with E-state index in [1.54, 1.807) is 0 Å². The summed E-state index contributed by atoms with van der Waals surface area (Å²) < 4.78 is 8.76. The third kappa shape index (κ3) is 7.24. The fourth-order valence-electron chi connectivity index (χ4n) is 10.3. The molecule has 11 aromatic rings. The first-order chi connectivity index (χ1) is 32.1. The molecule has 3 aromatic heterocycles. The van der Waals surface area contributed by atoms with Crippen LogP contribution in [0.4, 0.5) is 0 Å². The van der Waals surface area contributed by atoms with Gasteiger partial charge in [0.25, 0.3) is 0 Å². The summed E-state index contributed by atoms with van der Waals surface area (Å²) in [5, 5.41) is 20.2. The summed E-state index contributed by atoms with van der Waals surface area (Å²) in [6.45, 7) is 22.3. The summed E-state index contributed by atoms with van der Waals surface area (Å²) in [7, 11) is 0. The topological polar surface area (TPSA) is 64.1 Å². The zero-order valence-electron chi connectivity index (χ0n) is 40.4. The van der Waals surface area contributed by atoms with Gasteiger partial charge in [0.1, 0.15) is 17.2 Å². The Bertz CT molecular complexity index is 3760. The standard InChI is InChI=1S/C62H56N3O2.Pt/c1-35(2)46-31-38(37-19-12-11-13-20-37)32-47(36(3)4)58(46)65-51-25-18-24-43(57(51)64-60(65)48-33-39(61(5,6)7)34-49(59(48)66)62(8,9)10)50-29-27-42-40-21-14-15-22-41(40)54-45(56(42)63-50)28-30-53-55(54)44-23-16-17-26-52(44)67-53;/h11-27,29-36,66H,1-10H3;/q-1;. The zero-order chi connectivity index (χ0) is 46.7. The quantitative estimate of drug-likeness (QED) is 0.133. The number of phenolic OH excluding ortho intramolecular Hbond substituents is 1. The van der Waals surface area contributed by atoms with Crippen molar-refractivity contribution in [2.75, 3.05) is 0 Å². The number of aromatic hydroxyl groups is 1. The maximum atomic E-state index is 12.7. The maximum absolute atomic E-state index is 12.7. The minimum absolute atomic E-state index is 0. The first kappa shape index (κ1) is 45.2. The van der Waals surface area contributed by atoms with Crippen LogP contribution in [0.15, 0.2) is 144 Å². The number of pyridine rings is 1. The fraction of sp³-hybridized carbons (Fsp3) is 0.226. The van der Waals surface area contributed by atoms with Gasteiger partial charge in [0, 0.05) is 37.6 Å². The van der Waals surface area contributed by atoms with Crippen LogP contribution in [0.5, 0.6) is 5.75 Å². The Morgan fingerprint density at radius 1 is 0.574 bits per heavy atom. The third-order valence-electron chi connectivity index (χ3n) is 13.8. The first-order valence-corrected chi connectivity index (χ1v) is 23.7. The number of nitrogens with zero attached hydrogens (tertiary/aromatic N) is 3. The maximum Gasteiger partial charge on any atom is 0.149 e. The number of benzene rings is 8. The molecule has 68 heavy (non-hydrogen) atoms. The second kappa shape index (κ2) is 16.6. The van der Waals surface area contributed by atoms with Gasteiger partial charge >= 0.3 is 0 Å². The number of rotatable bonds is 6. The number of phenols is 1. The zero-order valence-corrected chi connectivity index (χ0v) is 42.7. The smallest absolute Gasteiger partial charge is 0.149 e. The van der Waals surface area contributed by atoms with Crippen LogP contribution in [-0.4, -0.2) is 19.6 Å². The van der Waals surface area contributed by atoms with Crippen LogP contribution >= 0.6 is 0 Å². The van der Waals surface area contributed by atoms with E-state index >= 15 is 0 Å². The van der Waals surface area contributed by atoms with Crippen molar-refractivity contribution in [3.05, 3.63) is 168 Å². The van der Waals surface area contributed by atoms with Gasteiger partial charge in [0.05, 0.1) is 33.6 Å². The summed E-state index contributed by atoms with van der Waals surface area (Å²) in [5.41, 5.74) is 14.2. The number of aromatic nitrogens is 3. The summed E-state index contributed by atoms with van der Waals surface area (Å²) in [6.07, 6.45) is 0. The van der Waals surface area contributed by atoms with Crippen LogP contribution in [0.3, 0.4) is 0 Å². The molecule has 6 heteroatoms. The van der Waals surface area contributed by atoms with Gasteiger partial charge in [-0.2, -0.15) is 0 Å². The molecule has 0 saturated carbocycles. The monoisotopic (exact) mass is 1070 g/mol. The van der Waals surface area contributed by atoms with Crippen molar-refractivity contribution < 1.29 is 30.6 Å². The molecule has 0 fully saturated rings. The number of para-hydroxylation sites is 2. The molecule has 0 aliphatic rings. The van der Waals surface area contributed by atoms with E-state index in [2.05, 4.69) is 201 Å². The average molecular weight is 1070 g/mol. The Balaban J connectivity index is 0.00000539. The van der Waals surface area contributed by atoms with Crippen LogP contribution in [0, 0.1) is 6.07 Å². The van der Waals surface area contributed by atoms with E-state index in [9.17, 15) is 5.11 Å². The average Bonchev–Trinajstić information content (AvgIpc) is 3.89. The summed E-state index contributed by atoms with van der Waals surface area (Å²) in [6, 6.07) is 53.1. The molecule has 0 amide bonds. The van der Waals surface area contributed by atoms with E-state index in [0.717, 1.165) is 93.5 Å². The van der Waals surface area contributed by atoms with Gasteiger partial charge in [-0.25, -0.2) is 4.98 Å². The molecule has 0 aliphatic heterocycles. The molecule has 0 radical (unpaired) electrons. The minimum atomic E-state index is -0.334. The van der Waals surface area contributed by atoms with E-state index < -0.39 is 0 Å². The fourth-order valence-corrected chi connectivity index (χ4v) is 10.3. The molecular weight excluding hydrogens is 1010 g/mol. The van der Waals surface area contributed by atoms with Crippen molar-refractivity contribution in [2.24, 2.45) is 0 Å². The molecule has 8 aromatic carbocycles. The Hall–Kier alpha value is -6.55. The number of imidazole rings is 1. The van der Waals surface area contributed by atoms with Crippen molar-refractivity contribution in [1.29, 1.82) is 0 Å². The van der Waals surface area contributed by atoms with E-state index in [4.69, 9.17) is 14.4 Å². The van der Waals surface area contributed by atoms with Gasteiger partial charge in [-0.1, -0.05) is 177 Å². The molecule has 0 bridgehead atoms. The molecule has 0 saturated heterocycles. The predicted molar refractivity (Wildman–Crippen MR) is 281 cm³/mol. The number of fused-ring (bicyclic) bond motifs is 11. The number of hydrogen-bond acceptors (Lipinski definition) is 4. The SMILES string of the molecule is CC(C)c1cc(-c2ccccc2)cc(C(C)C)c1-n1c(-c2cc(C(C)(C)C)cc(C(C)(C)C)c2O)nc2c(-c3ccc4c5ccccc5c5c([c-]cc6oc7ccccc7c65)c4n3)cccc21.[Pt]. The molecule has 342 valence electrons. The normalized spacial score (nSPS) is 12.5. The number of hydrogen-bond donors (Lipinski definition) is 1. The second-order valence-electron chi connectivity index (χ2n) is 21.1. The van der Waals surface area contributed by atoms with Crippen molar-refractivity contribution in [2.45, 2.75) is 91.9 Å². The van der Waals surface area contributed by atoms with Gasteiger partial charge in [0.2, 0.25) is 0 Å². The van der Waals surface area contributed by atoms with E-state index in [1.165, 1.54) is 22.3 Å². The van der Waals surface area contributed by atoms with Crippen LogP contribution in [0.1, 0.15) is 103 Å². The van der Waals surface area contributed by atoms with Gasteiger partial charge in [-0.3, -0.25) is 9.55 Å². The largest absolute Gasteiger partial charge is 0.507 e. The molecule has 0 unspecified atom stereocenters. The minimum Gasteiger partial charge on any atom is -0.507 e. The van der Waals surface area contributed by atoms with Gasteiger partial charge in [0.15, 0.2) is 0 Å². The Labute approximate surface area is 413 Å². The summed E-state index contributed by atoms with van der Waals surface area (Å²) >= 11 is 0. The van der Waals surface area contributed by atoms with Crippen LogP contribution in [0.2, 0.25) is 0 Å². The van der Waals surface area contributed by atoms with Crippen molar-refractivity contribution >= 4 is 65.4 Å². The van der Waals surface area contributed by atoms with Gasteiger partial charge in [-0.15, -0.1) is 17.5 Å². The Kier molecular flexibility index (Phi) is 11.0. The molecule has 0 atom stereocenters. The second-order valence-corrected chi connectivity index (χ2v) is 21.1. The first-order valence-electron chi connectivity index (χ1n) is 23.7. The van der Waals surface area contributed by atoms with Crippen LogP contribution < -0.4 is 0 Å². The third-order valence-corrected chi connectivity index (χ3v) is 13.8. The molecule has 5 nitrogen and oxygen atoms in total.